The van der Waals surface area contributed by atoms with E-state index in [2.05, 4.69) is 4.98 Å². The van der Waals surface area contributed by atoms with Gasteiger partial charge in [-0.1, -0.05) is 6.07 Å². The van der Waals surface area contributed by atoms with Crippen LogP contribution in [-0.2, 0) is 11.2 Å². The van der Waals surface area contributed by atoms with Gasteiger partial charge in [0.1, 0.15) is 0 Å². The molecule has 3 nitrogen and oxygen atoms in total. The van der Waals surface area contributed by atoms with Gasteiger partial charge in [0.05, 0.1) is 6.10 Å². The van der Waals surface area contributed by atoms with Crippen molar-refractivity contribution in [3.63, 3.8) is 0 Å². The van der Waals surface area contributed by atoms with Crippen molar-refractivity contribution in [2.75, 3.05) is 13.2 Å². The van der Waals surface area contributed by atoms with Crippen molar-refractivity contribution in [3.8, 4) is 0 Å². The molecule has 82 valence electrons. The second kappa shape index (κ2) is 5.24. The molecule has 1 saturated heterocycles. The summed E-state index contributed by atoms with van der Waals surface area (Å²) in [5.74, 6) is 0.388. The average Bonchev–Trinajstić information content (AvgIpc) is 2.31. The van der Waals surface area contributed by atoms with E-state index in [9.17, 15) is 5.11 Å². The Morgan fingerprint density at radius 1 is 1.47 bits per heavy atom. The SMILES string of the molecule is OC(Cc1cccnc1)C1CCOCC1. The maximum atomic E-state index is 10.0. The lowest BCUT2D eigenvalue weighted by Crippen LogP contribution is -2.28. The van der Waals surface area contributed by atoms with Gasteiger partial charge < -0.3 is 9.84 Å². The number of hydrogen-bond donors (Lipinski definition) is 1. The first-order valence-corrected chi connectivity index (χ1v) is 5.51. The second-order valence-electron chi connectivity index (χ2n) is 4.08. The first-order chi connectivity index (χ1) is 7.36. The number of pyridine rings is 1. The summed E-state index contributed by atoms with van der Waals surface area (Å²) in [6, 6.07) is 3.92. The summed E-state index contributed by atoms with van der Waals surface area (Å²) in [7, 11) is 0. The molecule has 1 unspecified atom stereocenters. The molecule has 0 bridgehead atoms. The van der Waals surface area contributed by atoms with Gasteiger partial charge in [0.15, 0.2) is 0 Å². The third-order valence-electron chi connectivity index (χ3n) is 2.98. The monoisotopic (exact) mass is 207 g/mol. The molecule has 15 heavy (non-hydrogen) atoms. The fourth-order valence-electron chi connectivity index (χ4n) is 2.03. The zero-order valence-electron chi connectivity index (χ0n) is 8.80. The molecule has 0 amide bonds. The fourth-order valence-corrected chi connectivity index (χ4v) is 2.03. The highest BCUT2D eigenvalue weighted by Gasteiger charge is 2.22. The van der Waals surface area contributed by atoms with Gasteiger partial charge in [0, 0.05) is 32.0 Å². The predicted molar refractivity (Wildman–Crippen MR) is 57.5 cm³/mol. The Balaban J connectivity index is 1.88. The summed E-state index contributed by atoms with van der Waals surface area (Å²) in [4.78, 5) is 4.05. The highest BCUT2D eigenvalue weighted by molar-refractivity contribution is 5.09. The number of hydrogen-bond acceptors (Lipinski definition) is 3. The van der Waals surface area contributed by atoms with E-state index >= 15 is 0 Å². The van der Waals surface area contributed by atoms with Crippen LogP contribution in [-0.4, -0.2) is 29.4 Å². The topological polar surface area (TPSA) is 42.4 Å². The highest BCUT2D eigenvalue weighted by Crippen LogP contribution is 2.21. The van der Waals surface area contributed by atoms with Crippen LogP contribution in [0.15, 0.2) is 24.5 Å². The van der Waals surface area contributed by atoms with Crippen LogP contribution < -0.4 is 0 Å². The second-order valence-corrected chi connectivity index (χ2v) is 4.08. The largest absolute Gasteiger partial charge is 0.392 e. The van der Waals surface area contributed by atoms with Gasteiger partial charge in [0.2, 0.25) is 0 Å². The normalized spacial score (nSPS) is 20.1. The molecule has 0 aromatic carbocycles. The Morgan fingerprint density at radius 3 is 2.93 bits per heavy atom. The zero-order valence-corrected chi connectivity index (χ0v) is 8.80. The van der Waals surface area contributed by atoms with Gasteiger partial charge in [-0.05, 0) is 30.4 Å². The van der Waals surface area contributed by atoms with Crippen molar-refractivity contribution in [2.24, 2.45) is 5.92 Å². The van der Waals surface area contributed by atoms with Crippen molar-refractivity contribution in [1.82, 2.24) is 4.98 Å². The molecule has 1 aliphatic rings. The average molecular weight is 207 g/mol. The van der Waals surface area contributed by atoms with Crippen molar-refractivity contribution in [2.45, 2.75) is 25.4 Å². The molecular formula is C12H17NO2. The van der Waals surface area contributed by atoms with Crippen LogP contribution in [0.4, 0.5) is 0 Å². The smallest absolute Gasteiger partial charge is 0.0610 e. The van der Waals surface area contributed by atoms with Crippen LogP contribution in [0.2, 0.25) is 0 Å². The first kappa shape index (κ1) is 10.6. The van der Waals surface area contributed by atoms with Crippen LogP contribution in [0.5, 0.6) is 0 Å². The lowest BCUT2D eigenvalue weighted by molar-refractivity contribution is 0.00837. The molecule has 3 heteroatoms. The Bertz CT molecular complexity index is 283. The standard InChI is InChI=1S/C12H17NO2/c14-12(11-3-6-15-7-4-11)8-10-2-1-5-13-9-10/h1-2,5,9,11-12,14H,3-4,6-8H2. The van der Waals surface area contributed by atoms with Crippen LogP contribution in [0.1, 0.15) is 18.4 Å². The number of nitrogens with zero attached hydrogens (tertiary/aromatic N) is 1. The van der Waals surface area contributed by atoms with Crippen molar-refractivity contribution < 1.29 is 9.84 Å². The maximum Gasteiger partial charge on any atom is 0.0610 e. The summed E-state index contributed by atoms with van der Waals surface area (Å²) in [6.45, 7) is 1.57. The van der Waals surface area contributed by atoms with Crippen LogP contribution >= 0.6 is 0 Å². The van der Waals surface area contributed by atoms with Gasteiger partial charge in [0.25, 0.3) is 0 Å². The first-order valence-electron chi connectivity index (χ1n) is 5.51. The number of aromatic nitrogens is 1. The molecule has 1 aromatic rings. The molecule has 2 rings (SSSR count). The molecule has 1 N–H and O–H groups in total. The van der Waals surface area contributed by atoms with Crippen LogP contribution in [0, 0.1) is 5.92 Å². The minimum Gasteiger partial charge on any atom is -0.392 e. The molecule has 0 saturated carbocycles. The Kier molecular flexibility index (Phi) is 3.69. The molecular weight excluding hydrogens is 190 g/mol. The molecule has 1 atom stereocenters. The van der Waals surface area contributed by atoms with Gasteiger partial charge >= 0.3 is 0 Å². The van der Waals surface area contributed by atoms with E-state index in [0.29, 0.717) is 12.3 Å². The molecule has 2 heterocycles. The van der Waals surface area contributed by atoms with Gasteiger partial charge in [-0.25, -0.2) is 0 Å². The van der Waals surface area contributed by atoms with E-state index < -0.39 is 0 Å². The van der Waals surface area contributed by atoms with E-state index in [-0.39, 0.29) is 6.10 Å². The summed E-state index contributed by atoms with van der Waals surface area (Å²) in [6.07, 6.45) is 5.98. The summed E-state index contributed by atoms with van der Waals surface area (Å²) in [5.41, 5.74) is 1.11. The van der Waals surface area contributed by atoms with Crippen molar-refractivity contribution in [1.29, 1.82) is 0 Å². The van der Waals surface area contributed by atoms with Crippen molar-refractivity contribution in [3.05, 3.63) is 30.1 Å². The van der Waals surface area contributed by atoms with E-state index in [1.165, 1.54) is 0 Å². The maximum absolute atomic E-state index is 10.0. The molecule has 0 spiro atoms. The van der Waals surface area contributed by atoms with Gasteiger partial charge in [-0.15, -0.1) is 0 Å². The summed E-state index contributed by atoms with van der Waals surface area (Å²) in [5, 5.41) is 10.0. The van der Waals surface area contributed by atoms with Crippen LogP contribution in [0.3, 0.4) is 0 Å². The Morgan fingerprint density at radius 2 is 2.27 bits per heavy atom. The van der Waals surface area contributed by atoms with Crippen LogP contribution in [0.25, 0.3) is 0 Å². The zero-order chi connectivity index (χ0) is 10.5. The Labute approximate surface area is 90.1 Å². The lowest BCUT2D eigenvalue weighted by atomic mass is 9.90. The number of aliphatic hydroxyl groups excluding tert-OH is 1. The van der Waals surface area contributed by atoms with Gasteiger partial charge in [-0.2, -0.15) is 0 Å². The third-order valence-corrected chi connectivity index (χ3v) is 2.98. The molecule has 1 aliphatic heterocycles. The number of ether oxygens (including phenoxy) is 1. The van der Waals surface area contributed by atoms with E-state index in [4.69, 9.17) is 4.74 Å². The summed E-state index contributed by atoms with van der Waals surface area (Å²) < 4.78 is 5.28. The molecule has 0 aliphatic carbocycles. The Hall–Kier alpha value is -0.930. The van der Waals surface area contributed by atoms with E-state index in [0.717, 1.165) is 31.6 Å². The fraction of sp³-hybridized carbons (Fsp3) is 0.583. The van der Waals surface area contributed by atoms with Crippen molar-refractivity contribution >= 4 is 0 Å². The van der Waals surface area contributed by atoms with E-state index in [1.54, 1.807) is 6.20 Å². The summed E-state index contributed by atoms with van der Waals surface area (Å²) >= 11 is 0. The third kappa shape index (κ3) is 3.01. The van der Waals surface area contributed by atoms with Gasteiger partial charge in [-0.3, -0.25) is 4.98 Å². The quantitative estimate of drug-likeness (QED) is 0.815. The molecule has 1 fully saturated rings. The van der Waals surface area contributed by atoms with E-state index in [1.807, 2.05) is 18.3 Å². The predicted octanol–water partition coefficient (Wildman–Crippen LogP) is 1.41. The molecule has 1 aromatic heterocycles. The lowest BCUT2D eigenvalue weighted by Gasteiger charge is -2.26. The minimum atomic E-state index is -0.252. The minimum absolute atomic E-state index is 0.252. The molecule has 0 radical (unpaired) electrons. The number of rotatable bonds is 3. The number of aliphatic hydroxyl groups is 1. The highest BCUT2D eigenvalue weighted by atomic mass is 16.5.